The molecule has 10 heteroatoms. The van der Waals surface area contributed by atoms with Gasteiger partial charge in [0, 0.05) is 26.7 Å². The maximum atomic E-state index is 12.4. The zero-order chi connectivity index (χ0) is 21.4. The molecule has 29 heavy (non-hydrogen) atoms. The van der Waals surface area contributed by atoms with Gasteiger partial charge in [0.25, 0.3) is 0 Å². The van der Waals surface area contributed by atoms with Crippen LogP contribution in [0.15, 0.2) is 23.1 Å². The van der Waals surface area contributed by atoms with E-state index in [0.717, 1.165) is 11.3 Å². The molecule has 1 unspecified atom stereocenters. The van der Waals surface area contributed by atoms with Crippen molar-refractivity contribution in [1.82, 2.24) is 18.8 Å². The van der Waals surface area contributed by atoms with Crippen molar-refractivity contribution in [3.8, 4) is 12.3 Å². The highest BCUT2D eigenvalue weighted by Gasteiger charge is 2.32. The molecule has 0 bridgehead atoms. The summed E-state index contributed by atoms with van der Waals surface area (Å²) >= 11 is 0. The summed E-state index contributed by atoms with van der Waals surface area (Å²) in [5.41, 5.74) is 1.42. The lowest BCUT2D eigenvalue weighted by atomic mass is 10.2. The summed E-state index contributed by atoms with van der Waals surface area (Å²) in [5.74, 6) is 3.63. The van der Waals surface area contributed by atoms with Crippen molar-refractivity contribution in [3.63, 3.8) is 0 Å². The number of imidazole rings is 1. The minimum absolute atomic E-state index is 0.103. The van der Waals surface area contributed by atoms with E-state index in [1.807, 2.05) is 16.4 Å². The summed E-state index contributed by atoms with van der Waals surface area (Å²) in [5, 5.41) is 0. The van der Waals surface area contributed by atoms with Gasteiger partial charge >= 0.3 is 0 Å². The van der Waals surface area contributed by atoms with E-state index >= 15 is 0 Å². The van der Waals surface area contributed by atoms with E-state index < -0.39 is 19.9 Å². The normalized spacial score (nSPS) is 19.2. The minimum atomic E-state index is -3.56. The third-order valence-corrected chi connectivity index (χ3v) is 8.82. The van der Waals surface area contributed by atoms with Crippen LogP contribution in [0.25, 0.3) is 11.0 Å². The molecule has 0 aliphatic carbocycles. The smallest absolute Gasteiger partial charge is 0.242 e. The molecule has 0 amide bonds. The standard InChI is InChI=1S/C19H26N4O4S2/c1-5-10-22(15-9-11-28(24,25)14-15)13-19-20-17-12-16(29(26,27)21(3)4)7-8-18(17)23(19)6-2/h1,7-8,12,15H,6,9-11,13-14H2,2-4H3. The third-order valence-electron chi connectivity index (χ3n) is 5.26. The van der Waals surface area contributed by atoms with Crippen molar-refractivity contribution in [2.24, 2.45) is 0 Å². The highest BCUT2D eigenvalue weighted by atomic mass is 32.2. The van der Waals surface area contributed by atoms with Gasteiger partial charge in [-0.25, -0.2) is 26.1 Å². The number of benzene rings is 1. The van der Waals surface area contributed by atoms with Crippen LogP contribution in [0.1, 0.15) is 19.2 Å². The Morgan fingerprint density at radius 2 is 2.07 bits per heavy atom. The zero-order valence-corrected chi connectivity index (χ0v) is 18.5. The van der Waals surface area contributed by atoms with Crippen LogP contribution in [0, 0.1) is 12.3 Å². The lowest BCUT2D eigenvalue weighted by Gasteiger charge is -2.25. The maximum absolute atomic E-state index is 12.4. The van der Waals surface area contributed by atoms with Crippen LogP contribution >= 0.6 is 0 Å². The van der Waals surface area contributed by atoms with Crippen molar-refractivity contribution in [1.29, 1.82) is 0 Å². The zero-order valence-electron chi connectivity index (χ0n) is 16.9. The van der Waals surface area contributed by atoms with Crippen molar-refractivity contribution < 1.29 is 16.8 Å². The number of sulfonamides is 1. The first-order chi connectivity index (χ1) is 13.6. The quantitative estimate of drug-likeness (QED) is 0.597. The molecule has 0 radical (unpaired) electrons. The van der Waals surface area contributed by atoms with Crippen LogP contribution in [-0.2, 0) is 33.0 Å². The van der Waals surface area contributed by atoms with Gasteiger partial charge in [0.15, 0.2) is 9.84 Å². The highest BCUT2D eigenvalue weighted by molar-refractivity contribution is 7.91. The van der Waals surface area contributed by atoms with Crippen molar-refractivity contribution in [2.75, 3.05) is 32.1 Å². The molecule has 8 nitrogen and oxygen atoms in total. The fraction of sp³-hybridized carbons (Fsp3) is 0.526. The Balaban J connectivity index is 1.99. The first-order valence-electron chi connectivity index (χ1n) is 9.38. The Morgan fingerprint density at radius 3 is 2.62 bits per heavy atom. The van der Waals surface area contributed by atoms with Crippen LogP contribution in [0.2, 0.25) is 0 Å². The van der Waals surface area contributed by atoms with Gasteiger partial charge in [0.2, 0.25) is 10.0 Å². The van der Waals surface area contributed by atoms with Crippen LogP contribution in [0.4, 0.5) is 0 Å². The molecular weight excluding hydrogens is 412 g/mol. The highest BCUT2D eigenvalue weighted by Crippen LogP contribution is 2.25. The van der Waals surface area contributed by atoms with Crippen LogP contribution in [0.3, 0.4) is 0 Å². The Labute approximate surface area is 172 Å². The summed E-state index contributed by atoms with van der Waals surface area (Å²) in [7, 11) is -3.61. The van der Waals surface area contributed by atoms with E-state index in [0.29, 0.717) is 31.6 Å². The lowest BCUT2D eigenvalue weighted by Crippen LogP contribution is -2.36. The predicted molar refractivity (Wildman–Crippen MR) is 113 cm³/mol. The van der Waals surface area contributed by atoms with Gasteiger partial charge in [-0.2, -0.15) is 0 Å². The topological polar surface area (TPSA) is 92.6 Å². The molecule has 1 aliphatic rings. The third kappa shape index (κ3) is 4.33. The molecule has 0 saturated carbocycles. The molecule has 1 saturated heterocycles. The summed E-state index contributed by atoms with van der Waals surface area (Å²) in [4.78, 5) is 6.82. The Hall–Kier alpha value is -1.93. The lowest BCUT2D eigenvalue weighted by molar-refractivity contribution is 0.222. The fourth-order valence-electron chi connectivity index (χ4n) is 3.68. The molecule has 0 N–H and O–H groups in total. The van der Waals surface area contributed by atoms with Crippen LogP contribution in [-0.4, -0.2) is 73.8 Å². The van der Waals surface area contributed by atoms with E-state index in [1.54, 1.807) is 18.2 Å². The second kappa shape index (κ2) is 8.07. The van der Waals surface area contributed by atoms with Crippen LogP contribution in [0.5, 0.6) is 0 Å². The van der Waals surface area contributed by atoms with Gasteiger partial charge in [-0.1, -0.05) is 5.92 Å². The monoisotopic (exact) mass is 438 g/mol. The molecular formula is C19H26N4O4S2. The summed E-state index contributed by atoms with van der Waals surface area (Å²) in [6, 6.07) is 4.78. The molecule has 1 aromatic heterocycles. The molecule has 0 spiro atoms. The molecule has 1 fully saturated rings. The van der Waals surface area contributed by atoms with Crippen LogP contribution < -0.4 is 0 Å². The number of hydrogen-bond donors (Lipinski definition) is 0. The van der Waals surface area contributed by atoms with E-state index in [1.165, 1.54) is 18.4 Å². The Morgan fingerprint density at radius 1 is 1.34 bits per heavy atom. The maximum Gasteiger partial charge on any atom is 0.242 e. The minimum Gasteiger partial charge on any atom is -0.327 e. The average molecular weight is 439 g/mol. The number of terminal acetylenes is 1. The number of aromatic nitrogens is 2. The van der Waals surface area contributed by atoms with Gasteiger partial charge in [-0.05, 0) is 31.5 Å². The Bertz CT molecular complexity index is 1160. The largest absolute Gasteiger partial charge is 0.327 e. The number of nitrogens with zero attached hydrogens (tertiary/aromatic N) is 4. The summed E-state index contributed by atoms with van der Waals surface area (Å²) in [6.45, 7) is 3.37. The molecule has 1 aromatic carbocycles. The molecule has 2 heterocycles. The summed E-state index contributed by atoms with van der Waals surface area (Å²) in [6.07, 6.45) is 6.08. The molecule has 158 valence electrons. The molecule has 3 rings (SSSR count). The fourth-order valence-corrected chi connectivity index (χ4v) is 6.36. The first-order valence-corrected chi connectivity index (χ1v) is 12.6. The van der Waals surface area contributed by atoms with E-state index in [2.05, 4.69) is 10.9 Å². The number of hydrogen-bond acceptors (Lipinski definition) is 6. The number of rotatable bonds is 7. The van der Waals surface area contributed by atoms with Gasteiger partial charge in [0.1, 0.15) is 5.82 Å². The van der Waals surface area contributed by atoms with Gasteiger partial charge in [-0.3, -0.25) is 4.90 Å². The molecule has 1 aliphatic heterocycles. The first kappa shape index (κ1) is 21.8. The molecule has 1 atom stereocenters. The van der Waals surface area contributed by atoms with Crippen molar-refractivity contribution in [2.45, 2.75) is 37.4 Å². The summed E-state index contributed by atoms with van der Waals surface area (Å²) < 4.78 is 51.8. The SMILES string of the molecule is C#CCN(Cc1nc2cc(S(=O)(=O)N(C)C)ccc2n1CC)C1CCS(=O)(=O)C1. The average Bonchev–Trinajstić information content (AvgIpc) is 3.19. The second-order valence-corrected chi connectivity index (χ2v) is 11.8. The van der Waals surface area contributed by atoms with E-state index in [4.69, 9.17) is 6.42 Å². The van der Waals surface area contributed by atoms with E-state index in [9.17, 15) is 16.8 Å². The molecule has 2 aromatic rings. The van der Waals surface area contributed by atoms with E-state index in [-0.39, 0.29) is 22.4 Å². The Kier molecular flexibility index (Phi) is 6.06. The van der Waals surface area contributed by atoms with Gasteiger partial charge in [-0.15, -0.1) is 6.42 Å². The number of fused-ring (bicyclic) bond motifs is 1. The predicted octanol–water partition coefficient (Wildman–Crippen LogP) is 0.929. The van der Waals surface area contributed by atoms with Crippen molar-refractivity contribution in [3.05, 3.63) is 24.0 Å². The van der Waals surface area contributed by atoms with Gasteiger partial charge < -0.3 is 4.57 Å². The van der Waals surface area contributed by atoms with Gasteiger partial charge in [0.05, 0.1) is 40.5 Å². The second-order valence-electron chi connectivity index (χ2n) is 7.38. The number of sulfone groups is 1. The van der Waals surface area contributed by atoms with Crippen molar-refractivity contribution >= 4 is 30.9 Å². The number of aryl methyl sites for hydroxylation is 1.